The maximum absolute atomic E-state index is 15.6. The zero-order chi connectivity index (χ0) is 36.5. The van der Waals surface area contributed by atoms with Gasteiger partial charge in [-0.25, -0.2) is 27.4 Å². The van der Waals surface area contributed by atoms with Gasteiger partial charge in [0.25, 0.3) is 0 Å². The maximum Gasteiger partial charge on any atom is 0.469 e. The van der Waals surface area contributed by atoms with Crippen molar-refractivity contribution in [3.05, 3.63) is 101 Å². The van der Waals surface area contributed by atoms with Crippen LogP contribution >= 0.6 is 19.6 Å². The van der Waals surface area contributed by atoms with Crippen LogP contribution in [0.25, 0.3) is 6.08 Å². The molecule has 2 atom stereocenters. The number of hydrogen-bond acceptors (Lipinski definition) is 10. The Bertz CT molecular complexity index is 1770. The summed E-state index contributed by atoms with van der Waals surface area (Å²) in [5.41, 5.74) is -2.51. The molecule has 0 radical (unpaired) electrons. The number of rotatable bonds is 15. The molecule has 1 aromatic heterocycles. The molecule has 50 heavy (non-hydrogen) atoms. The minimum Gasteiger partial charge on any atom is -0.451 e. The van der Waals surface area contributed by atoms with Crippen LogP contribution in [0.5, 0.6) is 0 Å². The summed E-state index contributed by atoms with van der Waals surface area (Å²) < 4.78 is 79.0. The van der Waals surface area contributed by atoms with Gasteiger partial charge in [-0.1, -0.05) is 38.1 Å². The second-order valence-corrected chi connectivity index (χ2v) is 15.1. The van der Waals surface area contributed by atoms with E-state index < -0.39 is 60.4 Å². The Balaban J connectivity index is 1.51. The summed E-state index contributed by atoms with van der Waals surface area (Å²) in [7, 11) is -4.82. The Hall–Kier alpha value is -3.81. The molecule has 268 valence electrons. The van der Waals surface area contributed by atoms with Crippen LogP contribution < -0.4 is 0 Å². The average Bonchev–Trinajstić information content (AvgIpc) is 3.55. The number of esters is 1. The van der Waals surface area contributed by atoms with E-state index in [9.17, 15) is 18.1 Å². The first-order valence-corrected chi connectivity index (χ1v) is 17.7. The number of nitrogens with zero attached hydrogens (tertiary/aromatic N) is 4. The van der Waals surface area contributed by atoms with Gasteiger partial charge in [-0.05, 0) is 42.7 Å². The molecule has 0 unspecified atom stereocenters. The SMILES string of the molecule is C[C@@H](SC1COC(C=CC=Cc2ccc(C#N)cc2F)OC1)[C@@](Cn1cncn1)(OC(=O)CC(C)(C)COP(=O)(O)O)c1ccc(F)cc1F. The van der Waals surface area contributed by atoms with Gasteiger partial charge < -0.3 is 24.0 Å². The van der Waals surface area contributed by atoms with Crippen molar-refractivity contribution in [1.82, 2.24) is 14.8 Å². The average molecular weight is 737 g/mol. The number of carbonyl (C=O) groups excluding carboxylic acids is 1. The van der Waals surface area contributed by atoms with E-state index in [4.69, 9.17) is 29.3 Å². The van der Waals surface area contributed by atoms with E-state index in [-0.39, 0.29) is 42.6 Å². The Kier molecular flexibility index (Phi) is 13.2. The number of phosphoric acid groups is 1. The number of hydrogen-bond donors (Lipinski definition) is 2. The molecule has 2 N–H and O–H groups in total. The molecule has 1 fully saturated rings. The lowest BCUT2D eigenvalue weighted by Gasteiger charge is -2.41. The molecule has 0 spiro atoms. The van der Waals surface area contributed by atoms with Crippen LogP contribution in [-0.4, -0.2) is 67.1 Å². The molecule has 4 rings (SSSR count). The summed E-state index contributed by atoms with van der Waals surface area (Å²) in [5.74, 6) is -3.18. The minimum atomic E-state index is -4.82. The van der Waals surface area contributed by atoms with E-state index in [2.05, 4.69) is 14.6 Å². The van der Waals surface area contributed by atoms with Crippen molar-refractivity contribution in [2.45, 2.75) is 56.1 Å². The summed E-state index contributed by atoms with van der Waals surface area (Å²) in [6.07, 6.45) is 7.91. The van der Waals surface area contributed by atoms with Crippen LogP contribution in [0.15, 0.2) is 67.3 Å². The normalized spacial score (nSPS) is 18.9. The number of halogens is 3. The van der Waals surface area contributed by atoms with Gasteiger partial charge >= 0.3 is 13.8 Å². The lowest BCUT2D eigenvalue weighted by Crippen LogP contribution is -2.47. The molecule has 17 heteroatoms. The molecular formula is C33H36F3N4O8PS. The predicted octanol–water partition coefficient (Wildman–Crippen LogP) is 5.66. The van der Waals surface area contributed by atoms with E-state index >= 15 is 4.39 Å². The minimum absolute atomic E-state index is 0.129. The lowest BCUT2D eigenvalue weighted by atomic mass is 9.88. The predicted molar refractivity (Wildman–Crippen MR) is 176 cm³/mol. The quantitative estimate of drug-likeness (QED) is 0.112. The monoisotopic (exact) mass is 736 g/mol. The standard InChI is InChI=1S/C33H36F3N4O8PS/c1-22(50-26-16-45-31(46-17-26)7-5-4-6-24-9-8-23(15-37)12-28(24)35)33(18-40-21-38-20-39-40,27-11-10-25(34)13-29(27)36)48-30(41)14-32(2,3)19-47-49(42,43)44/h4-13,20-22,26,31H,14,16-19H2,1-3H3,(H2,42,43,44)/t22-,26?,31?,33-/m1/s1. The Morgan fingerprint density at radius 1 is 1.18 bits per heavy atom. The molecule has 3 aromatic rings. The van der Waals surface area contributed by atoms with Crippen molar-refractivity contribution in [2.75, 3.05) is 19.8 Å². The molecule has 1 saturated heterocycles. The Labute approximate surface area is 291 Å². The molecule has 12 nitrogen and oxygen atoms in total. The highest BCUT2D eigenvalue weighted by Crippen LogP contribution is 2.43. The molecule has 0 saturated carbocycles. The summed E-state index contributed by atoms with van der Waals surface area (Å²) in [6.45, 7) is 4.46. The van der Waals surface area contributed by atoms with Gasteiger partial charge in [0.2, 0.25) is 0 Å². The summed E-state index contributed by atoms with van der Waals surface area (Å²) in [6, 6.07) is 8.95. The fourth-order valence-corrected chi connectivity index (χ4v) is 6.94. The number of nitriles is 1. The highest BCUT2D eigenvalue weighted by molar-refractivity contribution is 8.00. The van der Waals surface area contributed by atoms with E-state index in [0.29, 0.717) is 11.6 Å². The number of benzene rings is 2. The summed E-state index contributed by atoms with van der Waals surface area (Å²) in [5, 5.41) is 12.0. The zero-order valence-electron chi connectivity index (χ0n) is 27.3. The van der Waals surface area contributed by atoms with Crippen molar-refractivity contribution >= 4 is 31.6 Å². The molecule has 1 aliphatic rings. The van der Waals surface area contributed by atoms with Crippen LogP contribution in [0.4, 0.5) is 13.2 Å². The number of carbonyl (C=O) groups is 1. The van der Waals surface area contributed by atoms with E-state index in [0.717, 1.165) is 12.1 Å². The Morgan fingerprint density at radius 2 is 1.92 bits per heavy atom. The van der Waals surface area contributed by atoms with Crippen molar-refractivity contribution in [1.29, 1.82) is 5.26 Å². The fraction of sp³-hybridized carbons (Fsp3) is 0.394. The molecule has 1 aliphatic heterocycles. The first-order chi connectivity index (χ1) is 23.6. The molecule has 2 heterocycles. The second-order valence-electron chi connectivity index (χ2n) is 12.2. The van der Waals surface area contributed by atoms with Crippen LogP contribution in [0.3, 0.4) is 0 Å². The van der Waals surface area contributed by atoms with Gasteiger partial charge in [0.05, 0.1) is 49.7 Å². The molecule has 0 amide bonds. The van der Waals surface area contributed by atoms with Gasteiger partial charge in [-0.15, -0.1) is 11.8 Å². The molecular weight excluding hydrogens is 700 g/mol. The number of aromatic nitrogens is 3. The maximum atomic E-state index is 15.6. The highest BCUT2D eigenvalue weighted by Gasteiger charge is 2.47. The van der Waals surface area contributed by atoms with Crippen LogP contribution in [0, 0.1) is 34.2 Å². The molecule has 2 aromatic carbocycles. The summed E-state index contributed by atoms with van der Waals surface area (Å²) >= 11 is 1.28. The van der Waals surface area contributed by atoms with Crippen molar-refractivity contribution in [2.24, 2.45) is 5.41 Å². The number of allylic oxidation sites excluding steroid dienone is 2. The molecule has 0 bridgehead atoms. The van der Waals surface area contributed by atoms with Crippen molar-refractivity contribution in [3.8, 4) is 6.07 Å². The van der Waals surface area contributed by atoms with E-state index in [1.165, 1.54) is 53.4 Å². The van der Waals surface area contributed by atoms with E-state index in [1.54, 1.807) is 39.0 Å². The molecule has 0 aliphatic carbocycles. The van der Waals surface area contributed by atoms with Crippen molar-refractivity contribution < 1.29 is 51.1 Å². The fourth-order valence-electron chi connectivity index (χ4n) is 5.07. The third-order valence-corrected chi connectivity index (χ3v) is 9.44. The topological polar surface area (TPSA) is 166 Å². The lowest BCUT2D eigenvalue weighted by molar-refractivity contribution is -0.166. The van der Waals surface area contributed by atoms with Gasteiger partial charge in [0.15, 0.2) is 11.9 Å². The number of ether oxygens (including phenoxy) is 3. The van der Waals surface area contributed by atoms with E-state index in [1.807, 2.05) is 6.07 Å². The van der Waals surface area contributed by atoms with Crippen LogP contribution in [0.2, 0.25) is 0 Å². The number of phosphoric ester groups is 1. The Morgan fingerprint density at radius 3 is 2.54 bits per heavy atom. The zero-order valence-corrected chi connectivity index (χ0v) is 29.0. The van der Waals surface area contributed by atoms with Gasteiger partial charge in [-0.2, -0.15) is 10.4 Å². The third kappa shape index (κ3) is 11.1. The summed E-state index contributed by atoms with van der Waals surface area (Å²) in [4.78, 5) is 35.8. The smallest absolute Gasteiger partial charge is 0.451 e. The van der Waals surface area contributed by atoms with Gasteiger partial charge in [0.1, 0.15) is 30.1 Å². The van der Waals surface area contributed by atoms with Crippen LogP contribution in [0.1, 0.15) is 43.9 Å². The van der Waals surface area contributed by atoms with Gasteiger partial charge in [-0.3, -0.25) is 9.32 Å². The largest absolute Gasteiger partial charge is 0.469 e. The third-order valence-electron chi connectivity index (χ3n) is 7.52. The first-order valence-electron chi connectivity index (χ1n) is 15.2. The second kappa shape index (κ2) is 16.9. The van der Waals surface area contributed by atoms with Crippen LogP contribution in [-0.2, 0) is 40.2 Å². The first kappa shape index (κ1) is 39.0. The van der Waals surface area contributed by atoms with Gasteiger partial charge in [0, 0.05) is 22.4 Å². The highest BCUT2D eigenvalue weighted by atomic mass is 32.2. The number of thioether (sulfide) groups is 1. The van der Waals surface area contributed by atoms with Crippen molar-refractivity contribution in [3.63, 3.8) is 0 Å².